The summed E-state index contributed by atoms with van der Waals surface area (Å²) in [7, 11) is 1.74. The first kappa shape index (κ1) is 34.8. The molecule has 4 rings (SSSR count). The van der Waals surface area contributed by atoms with Crippen LogP contribution in [0.3, 0.4) is 0 Å². The minimum absolute atomic E-state index is 0.0359. The largest absolute Gasteiger partial charge is 0.477 e. The lowest BCUT2D eigenvalue weighted by Crippen LogP contribution is -2.39. The lowest BCUT2D eigenvalue weighted by atomic mass is 9.92. The van der Waals surface area contributed by atoms with E-state index in [1.807, 2.05) is 6.07 Å². The van der Waals surface area contributed by atoms with E-state index in [1.54, 1.807) is 25.2 Å². The van der Waals surface area contributed by atoms with Crippen LogP contribution < -0.4 is 15.8 Å². The van der Waals surface area contributed by atoms with Crippen molar-refractivity contribution in [3.05, 3.63) is 65.9 Å². The van der Waals surface area contributed by atoms with Crippen molar-refractivity contribution in [1.82, 2.24) is 14.6 Å². The van der Waals surface area contributed by atoms with Gasteiger partial charge in [-0.3, -0.25) is 14.3 Å². The number of carboxylic acids is 1. The van der Waals surface area contributed by atoms with Crippen molar-refractivity contribution in [2.24, 2.45) is 11.7 Å². The number of halogens is 1. The first-order chi connectivity index (χ1) is 20.2. The number of aromatic carboxylic acids is 1. The number of alkyl halides is 1. The summed E-state index contributed by atoms with van der Waals surface area (Å²) in [5, 5.41) is 12.0. The van der Waals surface area contributed by atoms with E-state index < -0.39 is 12.6 Å². The van der Waals surface area contributed by atoms with Gasteiger partial charge in [0.2, 0.25) is 12.3 Å². The maximum absolute atomic E-state index is 12.9. The molecule has 4 unspecified atom stereocenters. The molecule has 6 N–H and O–H groups in total. The molecule has 0 radical (unpaired) electrons. The number of anilines is 1. The highest BCUT2D eigenvalue weighted by atomic mass is 32.1. The number of nitrogens with one attached hydrogen (secondary N) is 3. The zero-order valence-corrected chi connectivity index (χ0v) is 25.4. The Morgan fingerprint density at radius 2 is 1.90 bits per heavy atom. The average Bonchev–Trinajstić information content (AvgIpc) is 3.60. The standard InChI is InChI=1S/C20H31FN2O.C10H8N2O3.CH5NS/c1-3-16(10-7-11-18(22)14-21)20(24)23-13-12-19(15(23)2)17-8-5-4-6-9-17;13-5-11-7-1-2-8-6(3-7)4-9(12-8)10(14)15;1-2-3/h4-6,8-9,15-16,18-19H,3,7,10-14,22H2,1-2H3;1-5,12H,(H,11,13)(H,14,15);2-3H,1H3. The Morgan fingerprint density at radius 1 is 1.21 bits per heavy atom. The fourth-order valence-corrected chi connectivity index (χ4v) is 5.24. The number of aromatic amines is 1. The van der Waals surface area contributed by atoms with Crippen molar-refractivity contribution >= 4 is 47.7 Å². The van der Waals surface area contributed by atoms with E-state index in [0.717, 1.165) is 43.1 Å². The van der Waals surface area contributed by atoms with E-state index in [0.29, 0.717) is 24.4 Å². The highest BCUT2D eigenvalue weighted by molar-refractivity contribution is 7.78. The number of rotatable bonds is 11. The molecule has 1 aromatic heterocycles. The maximum Gasteiger partial charge on any atom is 0.352 e. The van der Waals surface area contributed by atoms with E-state index in [4.69, 9.17) is 10.8 Å². The summed E-state index contributed by atoms with van der Waals surface area (Å²) in [4.78, 5) is 38.6. The molecule has 2 heterocycles. The summed E-state index contributed by atoms with van der Waals surface area (Å²) in [5.74, 6) is -0.283. The second-order valence-corrected chi connectivity index (χ2v) is 10.8. The van der Waals surface area contributed by atoms with Gasteiger partial charge in [0.1, 0.15) is 12.4 Å². The van der Waals surface area contributed by atoms with Gasteiger partial charge in [0.05, 0.1) is 0 Å². The van der Waals surface area contributed by atoms with Crippen molar-refractivity contribution in [1.29, 1.82) is 0 Å². The molecule has 0 bridgehead atoms. The zero-order valence-electron chi connectivity index (χ0n) is 24.6. The number of likely N-dealkylation sites (tertiary alicyclic amines) is 1. The van der Waals surface area contributed by atoms with E-state index in [9.17, 15) is 18.8 Å². The van der Waals surface area contributed by atoms with Crippen LogP contribution in [0.5, 0.6) is 0 Å². The van der Waals surface area contributed by atoms with Gasteiger partial charge in [-0.2, -0.15) is 0 Å². The molecular weight excluding hydrogens is 557 g/mol. The molecule has 1 aliphatic rings. The van der Waals surface area contributed by atoms with Gasteiger partial charge in [-0.1, -0.05) is 56.5 Å². The van der Waals surface area contributed by atoms with Crippen LogP contribution in [0.4, 0.5) is 10.1 Å². The van der Waals surface area contributed by atoms with Gasteiger partial charge in [0.25, 0.3) is 0 Å². The summed E-state index contributed by atoms with van der Waals surface area (Å²) >= 11 is 3.54. The van der Waals surface area contributed by atoms with Gasteiger partial charge >= 0.3 is 5.97 Å². The van der Waals surface area contributed by atoms with E-state index >= 15 is 0 Å². The summed E-state index contributed by atoms with van der Waals surface area (Å²) < 4.78 is 14.9. The second kappa shape index (κ2) is 18.2. The lowest BCUT2D eigenvalue weighted by molar-refractivity contribution is -0.136. The smallest absolute Gasteiger partial charge is 0.352 e. The van der Waals surface area contributed by atoms with Gasteiger partial charge in [-0.05, 0) is 69.5 Å². The molecule has 0 aliphatic carbocycles. The van der Waals surface area contributed by atoms with Gasteiger partial charge in [0, 0.05) is 47.1 Å². The fraction of sp³-hybridized carbons (Fsp3) is 0.452. The maximum atomic E-state index is 12.9. The Balaban J connectivity index is 0.000000291. The van der Waals surface area contributed by atoms with Gasteiger partial charge in [-0.25, -0.2) is 9.18 Å². The van der Waals surface area contributed by atoms with Crippen LogP contribution in [0, 0.1) is 5.92 Å². The molecule has 2 aromatic carbocycles. The van der Waals surface area contributed by atoms with Crippen molar-refractivity contribution in [2.75, 3.05) is 25.6 Å². The van der Waals surface area contributed by atoms with Crippen LogP contribution in [0.15, 0.2) is 54.6 Å². The van der Waals surface area contributed by atoms with Crippen molar-refractivity contribution < 1.29 is 23.9 Å². The summed E-state index contributed by atoms with van der Waals surface area (Å²) in [6.07, 6.45) is 4.72. The monoisotopic (exact) mass is 601 g/mol. The number of aromatic nitrogens is 1. The molecule has 1 aliphatic heterocycles. The molecule has 42 heavy (non-hydrogen) atoms. The Kier molecular flexibility index (Phi) is 15.1. The average molecular weight is 602 g/mol. The number of carboxylic acid groups (broad SMARTS) is 1. The number of hydrogen-bond donors (Lipinski definition) is 6. The highest BCUT2D eigenvalue weighted by Crippen LogP contribution is 2.34. The first-order valence-electron chi connectivity index (χ1n) is 14.2. The molecule has 0 spiro atoms. The van der Waals surface area contributed by atoms with Gasteiger partial charge in [-0.15, -0.1) is 0 Å². The number of carbonyl (C=O) groups is 3. The predicted octanol–water partition coefficient (Wildman–Crippen LogP) is 5.37. The molecule has 9 nitrogen and oxygen atoms in total. The number of hydrogen-bond acceptors (Lipinski definition) is 6. The van der Waals surface area contributed by atoms with Crippen molar-refractivity contribution in [3.8, 4) is 0 Å². The number of nitrogens with zero attached hydrogens (tertiary/aromatic N) is 1. The third-order valence-electron chi connectivity index (χ3n) is 7.51. The number of amides is 2. The summed E-state index contributed by atoms with van der Waals surface area (Å²) in [6.45, 7) is 4.58. The minimum atomic E-state index is -1.00. The van der Waals surface area contributed by atoms with E-state index in [-0.39, 0.29) is 29.6 Å². The molecule has 2 amide bonds. The molecular formula is C31H44FN5O4S. The van der Waals surface area contributed by atoms with Gasteiger partial charge in [0.15, 0.2) is 0 Å². The fourth-order valence-electron chi connectivity index (χ4n) is 5.24. The molecule has 230 valence electrons. The van der Waals surface area contributed by atoms with Crippen LogP contribution in [0.25, 0.3) is 10.9 Å². The topological polar surface area (TPSA) is 141 Å². The molecule has 4 atom stereocenters. The Bertz CT molecular complexity index is 1260. The molecule has 0 saturated carbocycles. The first-order valence-corrected chi connectivity index (χ1v) is 14.7. The Labute approximate surface area is 253 Å². The zero-order chi connectivity index (χ0) is 31.1. The summed E-state index contributed by atoms with van der Waals surface area (Å²) in [5.41, 5.74) is 8.45. The van der Waals surface area contributed by atoms with Crippen LogP contribution in [0.1, 0.15) is 67.9 Å². The number of fused-ring (bicyclic) bond motifs is 1. The molecule has 3 aromatic rings. The van der Waals surface area contributed by atoms with Crippen LogP contribution >= 0.6 is 12.8 Å². The SMILES string of the molecule is CCC(CCCC(N)CF)C(=O)N1CCC(c2ccccc2)C1C.CNS.O=CNc1ccc2[nH]c(C(=O)O)cc2c1. The van der Waals surface area contributed by atoms with Crippen LogP contribution in [-0.2, 0) is 9.59 Å². The molecule has 1 fully saturated rings. The quantitative estimate of drug-likeness (QED) is 0.129. The van der Waals surface area contributed by atoms with Crippen molar-refractivity contribution in [3.63, 3.8) is 0 Å². The highest BCUT2D eigenvalue weighted by Gasteiger charge is 2.36. The van der Waals surface area contributed by atoms with Gasteiger partial charge < -0.3 is 26.0 Å². The van der Waals surface area contributed by atoms with Crippen molar-refractivity contribution in [2.45, 2.75) is 64.0 Å². The number of carbonyl (C=O) groups excluding carboxylic acids is 2. The number of nitrogens with two attached hydrogens (primary N) is 1. The normalized spacial score (nSPS) is 17.3. The second-order valence-electron chi connectivity index (χ2n) is 10.3. The number of thiol groups is 1. The van der Waals surface area contributed by atoms with E-state index in [1.165, 1.54) is 11.6 Å². The predicted molar refractivity (Wildman–Crippen MR) is 170 cm³/mol. The Morgan fingerprint density at radius 3 is 2.50 bits per heavy atom. The minimum Gasteiger partial charge on any atom is -0.477 e. The number of H-pyrrole nitrogens is 1. The third kappa shape index (κ3) is 10.1. The number of benzene rings is 2. The van der Waals surface area contributed by atoms with E-state index in [2.05, 4.69) is 70.9 Å². The molecule has 1 saturated heterocycles. The Hall–Kier alpha value is -3.41. The molecule has 11 heteroatoms. The summed E-state index contributed by atoms with van der Waals surface area (Å²) in [6, 6.07) is 17.0. The van der Waals surface area contributed by atoms with Crippen LogP contribution in [-0.4, -0.2) is 65.6 Å². The van der Waals surface area contributed by atoms with Crippen LogP contribution in [0.2, 0.25) is 0 Å². The lowest BCUT2D eigenvalue weighted by Gasteiger charge is -2.29. The third-order valence-corrected chi connectivity index (χ3v) is 7.51.